The van der Waals surface area contributed by atoms with Crippen molar-refractivity contribution in [2.24, 2.45) is 0 Å². The molecule has 1 atom stereocenters. The second-order valence-corrected chi connectivity index (χ2v) is 7.04. The first-order valence-corrected chi connectivity index (χ1v) is 8.12. The molecule has 0 saturated carbocycles. The van der Waals surface area contributed by atoms with Crippen LogP contribution >= 0.6 is 0 Å². The van der Waals surface area contributed by atoms with E-state index >= 15 is 0 Å². The second kappa shape index (κ2) is 6.20. The number of piperazine rings is 1. The van der Waals surface area contributed by atoms with Crippen LogP contribution in [0.15, 0.2) is 42.5 Å². The van der Waals surface area contributed by atoms with Crippen molar-refractivity contribution in [1.82, 2.24) is 10.2 Å². The van der Waals surface area contributed by atoms with Gasteiger partial charge in [0.05, 0.1) is 6.04 Å². The summed E-state index contributed by atoms with van der Waals surface area (Å²) in [5.41, 5.74) is 0.748. The zero-order chi connectivity index (χ0) is 16.4. The number of hydrogen-bond acceptors (Lipinski definition) is 3. The van der Waals surface area contributed by atoms with Gasteiger partial charge in [-0.15, -0.1) is 0 Å². The van der Waals surface area contributed by atoms with Crippen LogP contribution in [-0.2, 0) is 4.74 Å². The molecular weight excluding hydrogens is 288 g/mol. The van der Waals surface area contributed by atoms with E-state index in [9.17, 15) is 4.79 Å². The van der Waals surface area contributed by atoms with E-state index in [0.717, 1.165) is 6.54 Å². The van der Waals surface area contributed by atoms with Gasteiger partial charge in [-0.25, -0.2) is 4.79 Å². The van der Waals surface area contributed by atoms with E-state index < -0.39 is 5.60 Å². The molecule has 1 aliphatic rings. The fourth-order valence-electron chi connectivity index (χ4n) is 2.89. The van der Waals surface area contributed by atoms with Crippen LogP contribution in [0.5, 0.6) is 0 Å². The van der Waals surface area contributed by atoms with Crippen molar-refractivity contribution < 1.29 is 9.53 Å². The van der Waals surface area contributed by atoms with Crippen LogP contribution in [0.2, 0.25) is 0 Å². The summed E-state index contributed by atoms with van der Waals surface area (Å²) in [5.74, 6) is 0. The van der Waals surface area contributed by atoms with Crippen LogP contribution in [0.25, 0.3) is 10.8 Å². The summed E-state index contributed by atoms with van der Waals surface area (Å²) < 4.78 is 5.49. The van der Waals surface area contributed by atoms with Gasteiger partial charge in [0.15, 0.2) is 0 Å². The minimum Gasteiger partial charge on any atom is -0.444 e. The quantitative estimate of drug-likeness (QED) is 0.872. The highest BCUT2D eigenvalue weighted by Gasteiger charge is 2.28. The maximum atomic E-state index is 12.3. The fourth-order valence-corrected chi connectivity index (χ4v) is 2.89. The molecular formula is C19H24N2O2. The van der Waals surface area contributed by atoms with Gasteiger partial charge in [-0.1, -0.05) is 36.4 Å². The van der Waals surface area contributed by atoms with Crippen LogP contribution in [0.3, 0.4) is 0 Å². The van der Waals surface area contributed by atoms with Crippen molar-refractivity contribution in [3.8, 4) is 0 Å². The largest absolute Gasteiger partial charge is 0.444 e. The molecule has 1 aliphatic heterocycles. The molecule has 2 aromatic rings. The van der Waals surface area contributed by atoms with Gasteiger partial charge in [-0.05, 0) is 43.2 Å². The molecule has 0 aromatic heterocycles. The van der Waals surface area contributed by atoms with Gasteiger partial charge in [0.1, 0.15) is 5.60 Å². The number of fused-ring (bicyclic) bond motifs is 1. The van der Waals surface area contributed by atoms with Crippen molar-refractivity contribution in [3.05, 3.63) is 48.0 Å². The Balaban J connectivity index is 1.75. The zero-order valence-electron chi connectivity index (χ0n) is 14.0. The van der Waals surface area contributed by atoms with Crippen molar-refractivity contribution in [2.45, 2.75) is 32.4 Å². The summed E-state index contributed by atoms with van der Waals surface area (Å²) in [4.78, 5) is 14.1. The van der Waals surface area contributed by atoms with E-state index in [1.807, 2.05) is 32.9 Å². The van der Waals surface area contributed by atoms with Gasteiger partial charge in [0, 0.05) is 19.6 Å². The highest BCUT2D eigenvalue weighted by Crippen LogP contribution is 2.23. The number of carbonyl (C=O) groups is 1. The normalized spacial score (nSPS) is 18.9. The molecule has 0 aliphatic carbocycles. The SMILES string of the molecule is CC(C)(C)OC(=O)N1CCNC(c2ccc3ccccc3c2)C1. The molecule has 2 aromatic carbocycles. The van der Waals surface area contributed by atoms with Gasteiger partial charge >= 0.3 is 6.09 Å². The summed E-state index contributed by atoms with van der Waals surface area (Å²) in [7, 11) is 0. The molecule has 1 fully saturated rings. The van der Waals surface area contributed by atoms with Crippen LogP contribution in [0, 0.1) is 0 Å². The van der Waals surface area contributed by atoms with Crippen molar-refractivity contribution in [2.75, 3.05) is 19.6 Å². The average Bonchev–Trinajstić information content (AvgIpc) is 2.53. The van der Waals surface area contributed by atoms with Gasteiger partial charge in [0.25, 0.3) is 0 Å². The predicted molar refractivity (Wildman–Crippen MR) is 92.5 cm³/mol. The average molecular weight is 312 g/mol. The third-order valence-corrected chi connectivity index (χ3v) is 4.00. The number of rotatable bonds is 1. The van der Waals surface area contributed by atoms with Gasteiger partial charge in [0.2, 0.25) is 0 Å². The molecule has 122 valence electrons. The van der Waals surface area contributed by atoms with E-state index in [1.54, 1.807) is 4.90 Å². The molecule has 3 rings (SSSR count). The Morgan fingerprint density at radius 1 is 1.17 bits per heavy atom. The van der Waals surface area contributed by atoms with E-state index in [1.165, 1.54) is 16.3 Å². The molecule has 4 nitrogen and oxygen atoms in total. The summed E-state index contributed by atoms with van der Waals surface area (Å²) in [6.07, 6.45) is -0.232. The second-order valence-electron chi connectivity index (χ2n) is 7.04. The number of hydrogen-bond donors (Lipinski definition) is 1. The highest BCUT2D eigenvalue weighted by atomic mass is 16.6. The summed E-state index contributed by atoms with van der Waals surface area (Å²) >= 11 is 0. The number of nitrogens with one attached hydrogen (secondary N) is 1. The Hall–Kier alpha value is -2.07. The molecule has 1 heterocycles. The lowest BCUT2D eigenvalue weighted by molar-refractivity contribution is 0.0195. The first kappa shape index (κ1) is 15.8. The van der Waals surface area contributed by atoms with Crippen LogP contribution in [-0.4, -0.2) is 36.2 Å². The van der Waals surface area contributed by atoms with Crippen molar-refractivity contribution in [3.63, 3.8) is 0 Å². The maximum absolute atomic E-state index is 12.3. The predicted octanol–water partition coefficient (Wildman–Crippen LogP) is 3.72. The monoisotopic (exact) mass is 312 g/mol. The first-order chi connectivity index (χ1) is 10.9. The molecule has 1 N–H and O–H groups in total. The van der Waals surface area contributed by atoms with Crippen molar-refractivity contribution in [1.29, 1.82) is 0 Å². The summed E-state index contributed by atoms with van der Waals surface area (Å²) in [6.45, 7) is 7.78. The molecule has 0 bridgehead atoms. The number of carbonyl (C=O) groups excluding carboxylic acids is 1. The smallest absolute Gasteiger partial charge is 0.410 e. The van der Waals surface area contributed by atoms with Crippen LogP contribution in [0.1, 0.15) is 32.4 Å². The maximum Gasteiger partial charge on any atom is 0.410 e. The Morgan fingerprint density at radius 2 is 1.91 bits per heavy atom. The minimum atomic E-state index is -0.458. The molecule has 1 saturated heterocycles. The lowest BCUT2D eigenvalue weighted by Gasteiger charge is -2.35. The number of amides is 1. The van der Waals surface area contributed by atoms with E-state index in [-0.39, 0.29) is 12.1 Å². The Labute approximate surface area is 137 Å². The van der Waals surface area contributed by atoms with Crippen LogP contribution < -0.4 is 5.32 Å². The third-order valence-electron chi connectivity index (χ3n) is 4.00. The lowest BCUT2D eigenvalue weighted by atomic mass is 10.0. The Kier molecular flexibility index (Phi) is 4.26. The Morgan fingerprint density at radius 3 is 2.65 bits per heavy atom. The minimum absolute atomic E-state index is 0.140. The molecule has 1 amide bonds. The van der Waals surface area contributed by atoms with Gasteiger partial charge < -0.3 is 15.0 Å². The molecule has 0 spiro atoms. The number of ether oxygens (including phenoxy) is 1. The van der Waals surface area contributed by atoms with Gasteiger partial charge in [-0.2, -0.15) is 0 Å². The summed E-state index contributed by atoms with van der Waals surface area (Å²) in [5, 5.41) is 5.95. The summed E-state index contributed by atoms with van der Waals surface area (Å²) in [6, 6.07) is 14.9. The number of benzene rings is 2. The first-order valence-electron chi connectivity index (χ1n) is 8.12. The van der Waals surface area contributed by atoms with Crippen molar-refractivity contribution >= 4 is 16.9 Å². The third kappa shape index (κ3) is 3.82. The Bertz CT molecular complexity index is 706. The highest BCUT2D eigenvalue weighted by molar-refractivity contribution is 5.83. The fraction of sp³-hybridized carbons (Fsp3) is 0.421. The van der Waals surface area contributed by atoms with Crippen LogP contribution in [0.4, 0.5) is 4.79 Å². The number of nitrogens with zero attached hydrogens (tertiary/aromatic N) is 1. The molecule has 23 heavy (non-hydrogen) atoms. The molecule has 0 radical (unpaired) electrons. The molecule has 4 heteroatoms. The standard InChI is InChI=1S/C19H24N2O2/c1-19(2,3)23-18(22)21-11-10-20-17(13-21)16-9-8-14-6-4-5-7-15(14)12-16/h4-9,12,17,20H,10-11,13H2,1-3H3. The lowest BCUT2D eigenvalue weighted by Crippen LogP contribution is -2.49. The van der Waals surface area contributed by atoms with E-state index in [4.69, 9.17) is 4.74 Å². The van der Waals surface area contributed by atoms with Gasteiger partial charge in [-0.3, -0.25) is 0 Å². The van der Waals surface area contributed by atoms with E-state index in [2.05, 4.69) is 35.6 Å². The van der Waals surface area contributed by atoms with E-state index in [0.29, 0.717) is 13.1 Å². The topological polar surface area (TPSA) is 41.6 Å². The molecule has 1 unspecified atom stereocenters. The zero-order valence-corrected chi connectivity index (χ0v) is 14.0.